The summed E-state index contributed by atoms with van der Waals surface area (Å²) in [5, 5.41) is 13.0. The van der Waals surface area contributed by atoms with E-state index in [9.17, 15) is 9.90 Å². The molecule has 0 spiro atoms. The minimum absolute atomic E-state index is 0.0986. The van der Waals surface area contributed by atoms with E-state index in [1.807, 2.05) is 0 Å². The van der Waals surface area contributed by atoms with E-state index < -0.39 is 5.91 Å². The predicted molar refractivity (Wildman–Crippen MR) is 85.2 cm³/mol. The van der Waals surface area contributed by atoms with E-state index >= 15 is 0 Å². The summed E-state index contributed by atoms with van der Waals surface area (Å²) in [7, 11) is 0. The Labute approximate surface area is 138 Å². The zero-order chi connectivity index (χ0) is 14.9. The molecule has 3 nitrogen and oxygen atoms in total. The standard InChI is InChI=1S/C13H7BrCl3NO2/c14-6-1-2-11(19)8(3-6)13(20)18-12-9(16)4-7(15)5-10(12)17/h1-5,19H,(H,18,20). The third-order valence-corrected chi connectivity index (χ3v) is 3.76. The lowest BCUT2D eigenvalue weighted by Gasteiger charge is -2.11. The minimum Gasteiger partial charge on any atom is -0.507 e. The summed E-state index contributed by atoms with van der Waals surface area (Å²) in [6.07, 6.45) is 0. The van der Waals surface area contributed by atoms with Gasteiger partial charge in [0.15, 0.2) is 0 Å². The van der Waals surface area contributed by atoms with Crippen LogP contribution in [0.4, 0.5) is 5.69 Å². The molecule has 20 heavy (non-hydrogen) atoms. The molecular formula is C13H7BrCl3NO2. The highest BCUT2D eigenvalue weighted by molar-refractivity contribution is 9.10. The molecule has 1 amide bonds. The number of halogens is 4. The maximum absolute atomic E-state index is 12.1. The normalized spacial score (nSPS) is 10.4. The molecule has 0 aliphatic rings. The number of hydrogen-bond acceptors (Lipinski definition) is 2. The SMILES string of the molecule is O=C(Nc1c(Cl)cc(Cl)cc1Cl)c1cc(Br)ccc1O. The van der Waals surface area contributed by atoms with Gasteiger partial charge in [-0.3, -0.25) is 4.79 Å². The number of hydrogen-bond donors (Lipinski definition) is 2. The second-order valence-corrected chi connectivity index (χ2v) is 6.03. The van der Waals surface area contributed by atoms with Crippen LogP contribution in [0.15, 0.2) is 34.8 Å². The Hall–Kier alpha value is -0.940. The zero-order valence-corrected chi connectivity index (χ0v) is 13.6. The summed E-state index contributed by atoms with van der Waals surface area (Å²) in [4.78, 5) is 12.1. The monoisotopic (exact) mass is 393 g/mol. The van der Waals surface area contributed by atoms with E-state index in [4.69, 9.17) is 34.8 Å². The number of phenols is 1. The van der Waals surface area contributed by atoms with Crippen molar-refractivity contribution in [1.29, 1.82) is 0 Å². The minimum atomic E-state index is -0.532. The lowest BCUT2D eigenvalue weighted by molar-refractivity contribution is 0.102. The number of nitrogens with one attached hydrogen (secondary N) is 1. The summed E-state index contributed by atoms with van der Waals surface area (Å²) in [5.74, 6) is -0.679. The highest BCUT2D eigenvalue weighted by Gasteiger charge is 2.16. The Morgan fingerprint density at radius 3 is 2.30 bits per heavy atom. The summed E-state index contributed by atoms with van der Waals surface area (Å²) >= 11 is 21.0. The van der Waals surface area contributed by atoms with Gasteiger partial charge in [0, 0.05) is 9.50 Å². The van der Waals surface area contributed by atoms with Crippen LogP contribution in [-0.2, 0) is 0 Å². The maximum atomic E-state index is 12.1. The van der Waals surface area contributed by atoms with Crippen LogP contribution in [0.3, 0.4) is 0 Å². The van der Waals surface area contributed by atoms with Crippen molar-refractivity contribution >= 4 is 62.3 Å². The molecule has 2 N–H and O–H groups in total. The number of carbonyl (C=O) groups is 1. The number of aromatic hydroxyl groups is 1. The second kappa shape index (κ2) is 6.22. The van der Waals surface area contributed by atoms with Crippen LogP contribution in [0.2, 0.25) is 15.1 Å². The molecule has 2 aromatic rings. The molecule has 104 valence electrons. The van der Waals surface area contributed by atoms with Gasteiger partial charge in [-0.25, -0.2) is 0 Å². The first-order valence-corrected chi connectivity index (χ1v) is 7.25. The average molecular weight is 395 g/mol. The Balaban J connectivity index is 2.35. The number of phenolic OH excluding ortho intramolecular Hbond substituents is 1. The molecule has 0 radical (unpaired) electrons. The van der Waals surface area contributed by atoms with Crippen LogP contribution >= 0.6 is 50.7 Å². The first kappa shape index (κ1) is 15.4. The molecule has 2 aromatic carbocycles. The Kier molecular flexibility index (Phi) is 4.81. The van der Waals surface area contributed by atoms with Crippen molar-refractivity contribution in [3.63, 3.8) is 0 Å². The molecule has 0 aromatic heterocycles. The summed E-state index contributed by atoms with van der Waals surface area (Å²) in [5.41, 5.74) is 0.337. The van der Waals surface area contributed by atoms with Crippen molar-refractivity contribution in [1.82, 2.24) is 0 Å². The fourth-order valence-corrected chi connectivity index (χ4v) is 2.81. The highest BCUT2D eigenvalue weighted by Crippen LogP contribution is 2.34. The van der Waals surface area contributed by atoms with Gasteiger partial charge in [0.25, 0.3) is 5.91 Å². The first-order chi connectivity index (χ1) is 9.38. The van der Waals surface area contributed by atoms with Gasteiger partial charge in [-0.15, -0.1) is 0 Å². The summed E-state index contributed by atoms with van der Waals surface area (Å²) in [6.45, 7) is 0. The van der Waals surface area contributed by atoms with Crippen LogP contribution in [-0.4, -0.2) is 11.0 Å². The fourth-order valence-electron chi connectivity index (χ4n) is 1.53. The van der Waals surface area contributed by atoms with Crippen molar-refractivity contribution in [2.24, 2.45) is 0 Å². The van der Waals surface area contributed by atoms with Gasteiger partial charge in [-0.2, -0.15) is 0 Å². The maximum Gasteiger partial charge on any atom is 0.259 e. The third-order valence-electron chi connectivity index (χ3n) is 2.45. The van der Waals surface area contributed by atoms with Gasteiger partial charge in [-0.1, -0.05) is 50.7 Å². The molecule has 0 aliphatic carbocycles. The summed E-state index contributed by atoms with van der Waals surface area (Å²) in [6, 6.07) is 7.44. The number of rotatable bonds is 2. The van der Waals surface area contributed by atoms with E-state index in [1.165, 1.54) is 24.3 Å². The Bertz CT molecular complexity index is 668. The van der Waals surface area contributed by atoms with Crippen molar-refractivity contribution in [3.05, 3.63) is 55.4 Å². The second-order valence-electron chi connectivity index (χ2n) is 3.86. The number of anilines is 1. The molecule has 0 heterocycles. The smallest absolute Gasteiger partial charge is 0.259 e. The van der Waals surface area contributed by atoms with E-state index in [-0.39, 0.29) is 27.0 Å². The van der Waals surface area contributed by atoms with Gasteiger partial charge in [0.2, 0.25) is 0 Å². The van der Waals surface area contributed by atoms with E-state index in [0.717, 1.165) is 0 Å². The number of benzene rings is 2. The molecule has 0 bridgehead atoms. The molecular weight excluding hydrogens is 388 g/mol. The van der Waals surface area contributed by atoms with Crippen LogP contribution in [0, 0.1) is 0 Å². The van der Waals surface area contributed by atoms with E-state index in [2.05, 4.69) is 21.2 Å². The number of carbonyl (C=O) groups excluding carboxylic acids is 1. The molecule has 0 saturated heterocycles. The molecule has 0 aliphatic heterocycles. The van der Waals surface area contributed by atoms with Crippen LogP contribution in [0.1, 0.15) is 10.4 Å². The summed E-state index contributed by atoms with van der Waals surface area (Å²) < 4.78 is 0.661. The van der Waals surface area contributed by atoms with E-state index in [0.29, 0.717) is 9.50 Å². The van der Waals surface area contributed by atoms with Gasteiger partial charge in [0.05, 0.1) is 21.3 Å². The van der Waals surface area contributed by atoms with E-state index in [1.54, 1.807) is 6.07 Å². The lowest BCUT2D eigenvalue weighted by atomic mass is 10.2. The predicted octanol–water partition coefficient (Wildman–Crippen LogP) is 5.37. The van der Waals surface area contributed by atoms with Crippen LogP contribution in [0.25, 0.3) is 0 Å². The van der Waals surface area contributed by atoms with Gasteiger partial charge in [0.1, 0.15) is 5.75 Å². The van der Waals surface area contributed by atoms with Gasteiger partial charge < -0.3 is 10.4 Å². The topological polar surface area (TPSA) is 49.3 Å². The molecule has 0 fully saturated rings. The lowest BCUT2D eigenvalue weighted by Crippen LogP contribution is -2.13. The Morgan fingerprint density at radius 2 is 1.70 bits per heavy atom. The first-order valence-electron chi connectivity index (χ1n) is 5.33. The van der Waals surface area contributed by atoms with Gasteiger partial charge in [-0.05, 0) is 30.3 Å². The Morgan fingerprint density at radius 1 is 1.10 bits per heavy atom. The largest absolute Gasteiger partial charge is 0.507 e. The molecule has 0 unspecified atom stereocenters. The quantitative estimate of drug-likeness (QED) is 0.718. The highest BCUT2D eigenvalue weighted by atomic mass is 79.9. The van der Waals surface area contributed by atoms with Crippen molar-refractivity contribution in [2.45, 2.75) is 0 Å². The average Bonchev–Trinajstić information content (AvgIpc) is 2.36. The molecule has 7 heteroatoms. The van der Waals surface area contributed by atoms with Gasteiger partial charge >= 0.3 is 0 Å². The molecule has 2 rings (SSSR count). The third kappa shape index (κ3) is 3.38. The zero-order valence-electron chi connectivity index (χ0n) is 9.75. The van der Waals surface area contributed by atoms with Crippen molar-refractivity contribution < 1.29 is 9.90 Å². The van der Waals surface area contributed by atoms with Crippen LogP contribution < -0.4 is 5.32 Å². The van der Waals surface area contributed by atoms with Crippen molar-refractivity contribution in [3.8, 4) is 5.75 Å². The number of amides is 1. The van der Waals surface area contributed by atoms with Crippen molar-refractivity contribution in [2.75, 3.05) is 5.32 Å². The molecule has 0 saturated carbocycles. The molecule has 0 atom stereocenters. The fraction of sp³-hybridized carbons (Fsp3) is 0. The van der Waals surface area contributed by atoms with Crippen LogP contribution in [0.5, 0.6) is 5.75 Å².